The van der Waals surface area contributed by atoms with Crippen molar-refractivity contribution >= 4 is 18.3 Å². The molecule has 0 spiro atoms. The summed E-state index contributed by atoms with van der Waals surface area (Å²) in [6.07, 6.45) is 6.41. The van der Waals surface area contributed by atoms with Gasteiger partial charge >= 0.3 is 0 Å². The third-order valence-electron chi connectivity index (χ3n) is 5.67. The van der Waals surface area contributed by atoms with Crippen molar-refractivity contribution in [1.82, 2.24) is 5.32 Å². The van der Waals surface area contributed by atoms with E-state index in [4.69, 9.17) is 5.73 Å². The lowest BCUT2D eigenvalue weighted by atomic mass is 9.64. The molecule has 2 atom stereocenters. The SMILES string of the molecule is Cl.NC[C@H]1CCC[C@H]1C(=O)NCC1(c2ccc(F)cc2)CCC1. The summed E-state index contributed by atoms with van der Waals surface area (Å²) in [4.78, 5) is 12.5. The summed E-state index contributed by atoms with van der Waals surface area (Å²) < 4.78 is 13.1. The van der Waals surface area contributed by atoms with Crippen LogP contribution < -0.4 is 11.1 Å². The zero-order valence-electron chi connectivity index (χ0n) is 13.4. The number of rotatable bonds is 5. The van der Waals surface area contributed by atoms with Gasteiger partial charge in [-0.25, -0.2) is 4.39 Å². The van der Waals surface area contributed by atoms with E-state index in [9.17, 15) is 9.18 Å². The lowest BCUT2D eigenvalue weighted by Gasteiger charge is -2.43. The molecule has 0 unspecified atom stereocenters. The number of halogens is 2. The number of carbonyl (C=O) groups is 1. The molecule has 0 saturated heterocycles. The van der Waals surface area contributed by atoms with Gasteiger partial charge in [0.25, 0.3) is 0 Å². The second-order valence-corrected chi connectivity index (χ2v) is 6.89. The standard InChI is InChI=1S/C18H25FN2O.ClH/c19-15-7-5-14(6-8-15)18(9-2-10-18)12-21-17(22)16-4-1-3-13(16)11-20;/h5-8,13,16H,1-4,9-12,20H2,(H,21,22);1H/t13-,16-;/m1./s1. The molecular formula is C18H26ClFN2O. The van der Waals surface area contributed by atoms with Gasteiger partial charge in [0.05, 0.1) is 0 Å². The van der Waals surface area contributed by atoms with Crippen molar-refractivity contribution in [3.8, 4) is 0 Å². The summed E-state index contributed by atoms with van der Waals surface area (Å²) in [5.74, 6) is 0.360. The van der Waals surface area contributed by atoms with Crippen LogP contribution >= 0.6 is 12.4 Å². The van der Waals surface area contributed by atoms with E-state index in [2.05, 4.69) is 5.32 Å². The minimum absolute atomic E-state index is 0. The maximum atomic E-state index is 13.1. The highest BCUT2D eigenvalue weighted by molar-refractivity contribution is 5.85. The molecule has 1 aromatic carbocycles. The first kappa shape index (κ1) is 18.2. The van der Waals surface area contributed by atoms with Gasteiger partial charge in [0.2, 0.25) is 5.91 Å². The Balaban J connectivity index is 0.00000192. The topological polar surface area (TPSA) is 55.1 Å². The van der Waals surface area contributed by atoms with Gasteiger partial charge in [-0.3, -0.25) is 4.79 Å². The molecule has 0 aromatic heterocycles. The highest BCUT2D eigenvalue weighted by Gasteiger charge is 2.40. The van der Waals surface area contributed by atoms with Crippen molar-refractivity contribution in [2.24, 2.45) is 17.6 Å². The second kappa shape index (κ2) is 7.63. The van der Waals surface area contributed by atoms with Gasteiger partial charge in [-0.05, 0) is 55.8 Å². The summed E-state index contributed by atoms with van der Waals surface area (Å²) >= 11 is 0. The third-order valence-corrected chi connectivity index (χ3v) is 5.67. The Labute approximate surface area is 143 Å². The van der Waals surface area contributed by atoms with Crippen LogP contribution in [0, 0.1) is 17.7 Å². The van der Waals surface area contributed by atoms with E-state index in [-0.39, 0.29) is 35.5 Å². The summed E-state index contributed by atoms with van der Waals surface area (Å²) in [5, 5.41) is 3.16. The zero-order valence-corrected chi connectivity index (χ0v) is 14.2. The van der Waals surface area contributed by atoms with Crippen LogP contribution in [0.3, 0.4) is 0 Å². The number of benzene rings is 1. The van der Waals surface area contributed by atoms with Crippen molar-refractivity contribution < 1.29 is 9.18 Å². The quantitative estimate of drug-likeness (QED) is 0.865. The van der Waals surface area contributed by atoms with Crippen molar-refractivity contribution in [2.45, 2.75) is 43.9 Å². The van der Waals surface area contributed by atoms with E-state index in [1.807, 2.05) is 12.1 Å². The number of hydrogen-bond acceptors (Lipinski definition) is 2. The molecule has 3 nitrogen and oxygen atoms in total. The molecule has 1 amide bonds. The van der Waals surface area contributed by atoms with Crippen molar-refractivity contribution in [2.75, 3.05) is 13.1 Å². The minimum Gasteiger partial charge on any atom is -0.355 e. The predicted octanol–water partition coefficient (Wildman–Crippen LogP) is 3.16. The van der Waals surface area contributed by atoms with Crippen LogP contribution in [0.5, 0.6) is 0 Å². The normalized spacial score (nSPS) is 25.3. The minimum atomic E-state index is -0.209. The molecule has 2 aliphatic carbocycles. The second-order valence-electron chi connectivity index (χ2n) is 6.89. The molecule has 0 radical (unpaired) electrons. The highest BCUT2D eigenvalue weighted by Crippen LogP contribution is 2.43. The predicted molar refractivity (Wildman–Crippen MR) is 92.1 cm³/mol. The van der Waals surface area contributed by atoms with Crippen LogP contribution in [-0.4, -0.2) is 19.0 Å². The van der Waals surface area contributed by atoms with Gasteiger partial charge in [0.15, 0.2) is 0 Å². The van der Waals surface area contributed by atoms with E-state index in [0.29, 0.717) is 19.0 Å². The van der Waals surface area contributed by atoms with Gasteiger partial charge in [-0.15, -0.1) is 12.4 Å². The number of nitrogens with two attached hydrogens (primary N) is 1. The van der Waals surface area contributed by atoms with E-state index in [1.54, 1.807) is 0 Å². The molecular weight excluding hydrogens is 315 g/mol. The van der Waals surface area contributed by atoms with Crippen LogP contribution in [0.25, 0.3) is 0 Å². The van der Waals surface area contributed by atoms with Gasteiger partial charge in [-0.1, -0.05) is 25.0 Å². The zero-order chi connectivity index (χ0) is 15.6. The monoisotopic (exact) mass is 340 g/mol. The fraction of sp³-hybridized carbons (Fsp3) is 0.611. The Hall–Kier alpha value is -1.13. The molecule has 3 N–H and O–H groups in total. The largest absolute Gasteiger partial charge is 0.355 e. The smallest absolute Gasteiger partial charge is 0.223 e. The molecule has 23 heavy (non-hydrogen) atoms. The van der Waals surface area contributed by atoms with E-state index in [1.165, 1.54) is 18.6 Å². The first-order valence-electron chi connectivity index (χ1n) is 8.38. The van der Waals surface area contributed by atoms with Gasteiger partial charge < -0.3 is 11.1 Å². The molecule has 2 aliphatic rings. The van der Waals surface area contributed by atoms with Crippen LogP contribution in [-0.2, 0) is 10.2 Å². The van der Waals surface area contributed by atoms with Gasteiger partial charge in [0, 0.05) is 17.9 Å². The average molecular weight is 341 g/mol. The fourth-order valence-corrected chi connectivity index (χ4v) is 4.03. The number of amides is 1. The number of hydrogen-bond donors (Lipinski definition) is 2. The first-order chi connectivity index (χ1) is 10.6. The molecule has 3 rings (SSSR count). The summed E-state index contributed by atoms with van der Waals surface area (Å²) in [6.45, 7) is 1.26. The van der Waals surface area contributed by atoms with E-state index < -0.39 is 0 Å². The lowest BCUT2D eigenvalue weighted by Crippen LogP contribution is -2.47. The molecule has 2 saturated carbocycles. The molecule has 128 valence electrons. The fourth-order valence-electron chi connectivity index (χ4n) is 4.03. The van der Waals surface area contributed by atoms with Gasteiger partial charge in [-0.2, -0.15) is 0 Å². The summed E-state index contributed by atoms with van der Waals surface area (Å²) in [5.41, 5.74) is 6.91. The third kappa shape index (κ3) is 3.69. The van der Waals surface area contributed by atoms with Crippen molar-refractivity contribution in [1.29, 1.82) is 0 Å². The van der Waals surface area contributed by atoms with Crippen molar-refractivity contribution in [3.05, 3.63) is 35.6 Å². The molecule has 2 fully saturated rings. The van der Waals surface area contributed by atoms with Crippen LogP contribution in [0.4, 0.5) is 4.39 Å². The van der Waals surface area contributed by atoms with Gasteiger partial charge in [0.1, 0.15) is 5.82 Å². The molecule has 0 aliphatic heterocycles. The molecule has 0 heterocycles. The molecule has 0 bridgehead atoms. The number of nitrogens with one attached hydrogen (secondary N) is 1. The molecule has 1 aromatic rings. The maximum Gasteiger partial charge on any atom is 0.223 e. The Kier molecular flexibility index (Phi) is 6.04. The number of carbonyl (C=O) groups excluding carboxylic acids is 1. The summed E-state index contributed by atoms with van der Waals surface area (Å²) in [6, 6.07) is 6.75. The Morgan fingerprint density at radius 3 is 2.48 bits per heavy atom. The Morgan fingerprint density at radius 2 is 1.91 bits per heavy atom. The first-order valence-corrected chi connectivity index (χ1v) is 8.38. The van der Waals surface area contributed by atoms with Crippen molar-refractivity contribution in [3.63, 3.8) is 0 Å². The maximum absolute atomic E-state index is 13.1. The molecule has 5 heteroatoms. The van der Waals surface area contributed by atoms with E-state index >= 15 is 0 Å². The Morgan fingerprint density at radius 1 is 1.22 bits per heavy atom. The Bertz CT molecular complexity index is 530. The lowest BCUT2D eigenvalue weighted by molar-refractivity contribution is -0.126. The summed E-state index contributed by atoms with van der Waals surface area (Å²) in [7, 11) is 0. The highest BCUT2D eigenvalue weighted by atomic mass is 35.5. The van der Waals surface area contributed by atoms with Crippen LogP contribution in [0.2, 0.25) is 0 Å². The van der Waals surface area contributed by atoms with Crippen LogP contribution in [0.1, 0.15) is 44.1 Å². The van der Waals surface area contributed by atoms with Crippen LogP contribution in [0.15, 0.2) is 24.3 Å². The average Bonchev–Trinajstić information content (AvgIpc) is 2.96. The van der Waals surface area contributed by atoms with E-state index in [0.717, 1.165) is 37.7 Å².